The Kier molecular flexibility index (Phi) is 5.54. The number of benzene rings is 2. The zero-order valence-corrected chi connectivity index (χ0v) is 15.2. The molecule has 1 aliphatic rings. The summed E-state index contributed by atoms with van der Waals surface area (Å²) in [6.07, 6.45) is 4.59. The van der Waals surface area contributed by atoms with Gasteiger partial charge in [-0.05, 0) is 68.8 Å². The lowest BCUT2D eigenvalue weighted by molar-refractivity contribution is 0.0998. The van der Waals surface area contributed by atoms with Crippen molar-refractivity contribution < 1.29 is 4.79 Å². The molecule has 2 N–H and O–H groups in total. The number of hydrogen-bond acceptors (Lipinski definition) is 2. The molecule has 3 rings (SSSR count). The van der Waals surface area contributed by atoms with E-state index in [1.807, 2.05) is 18.2 Å². The van der Waals surface area contributed by atoms with Crippen LogP contribution in [-0.4, -0.2) is 24.9 Å². The molecule has 2 aromatic carbocycles. The second-order valence-electron chi connectivity index (χ2n) is 7.38. The van der Waals surface area contributed by atoms with Crippen molar-refractivity contribution >= 4 is 5.91 Å². The van der Waals surface area contributed by atoms with E-state index < -0.39 is 0 Å². The molecule has 2 aromatic rings. The van der Waals surface area contributed by atoms with E-state index in [1.54, 1.807) is 0 Å². The van der Waals surface area contributed by atoms with E-state index in [0.29, 0.717) is 23.4 Å². The molecule has 1 saturated carbocycles. The minimum Gasteiger partial charge on any atom is -0.366 e. The summed E-state index contributed by atoms with van der Waals surface area (Å²) in [6.45, 7) is 0. The van der Waals surface area contributed by atoms with E-state index in [2.05, 4.69) is 55.4 Å². The highest BCUT2D eigenvalue weighted by Gasteiger charge is 2.31. The second kappa shape index (κ2) is 7.83. The Balaban J connectivity index is 1.74. The van der Waals surface area contributed by atoms with Gasteiger partial charge in [0.15, 0.2) is 0 Å². The first-order chi connectivity index (χ1) is 12.1. The molecule has 1 aliphatic carbocycles. The fourth-order valence-electron chi connectivity index (χ4n) is 4.47. The van der Waals surface area contributed by atoms with Gasteiger partial charge in [0.05, 0.1) is 0 Å². The Morgan fingerprint density at radius 1 is 0.960 bits per heavy atom. The van der Waals surface area contributed by atoms with E-state index in [0.717, 1.165) is 18.4 Å². The summed E-state index contributed by atoms with van der Waals surface area (Å²) in [7, 11) is 4.35. The monoisotopic (exact) mass is 336 g/mol. The average Bonchev–Trinajstić information content (AvgIpc) is 2.63. The maximum atomic E-state index is 11.7. The smallest absolute Gasteiger partial charge is 0.248 e. The SMILES string of the molecule is CN(C)C(c1ccccc1)C1CCC(c2ccccc2C(N)=O)CC1. The van der Waals surface area contributed by atoms with Crippen LogP contribution < -0.4 is 5.73 Å². The Morgan fingerprint density at radius 2 is 1.56 bits per heavy atom. The fraction of sp³-hybridized carbons (Fsp3) is 0.409. The fourth-order valence-corrected chi connectivity index (χ4v) is 4.47. The summed E-state index contributed by atoms with van der Waals surface area (Å²) in [4.78, 5) is 14.1. The molecule has 0 aromatic heterocycles. The van der Waals surface area contributed by atoms with Crippen molar-refractivity contribution in [3.8, 4) is 0 Å². The zero-order chi connectivity index (χ0) is 17.8. The minimum atomic E-state index is -0.312. The molecule has 1 unspecified atom stereocenters. The summed E-state index contributed by atoms with van der Waals surface area (Å²) >= 11 is 0. The molecule has 0 radical (unpaired) electrons. The third kappa shape index (κ3) is 3.93. The summed E-state index contributed by atoms with van der Waals surface area (Å²) in [5, 5.41) is 0. The topological polar surface area (TPSA) is 46.3 Å². The Morgan fingerprint density at radius 3 is 2.16 bits per heavy atom. The third-order valence-corrected chi connectivity index (χ3v) is 5.58. The van der Waals surface area contributed by atoms with Crippen LogP contribution in [-0.2, 0) is 0 Å². The van der Waals surface area contributed by atoms with Crippen LogP contribution in [0.3, 0.4) is 0 Å². The molecular formula is C22H28N2O. The molecule has 1 atom stereocenters. The quantitative estimate of drug-likeness (QED) is 0.881. The third-order valence-electron chi connectivity index (χ3n) is 5.58. The van der Waals surface area contributed by atoms with Crippen LogP contribution in [0.5, 0.6) is 0 Å². The lowest BCUT2D eigenvalue weighted by atomic mass is 9.73. The van der Waals surface area contributed by atoms with Crippen molar-refractivity contribution in [1.29, 1.82) is 0 Å². The molecule has 0 bridgehead atoms. The van der Waals surface area contributed by atoms with Gasteiger partial charge in [-0.2, -0.15) is 0 Å². The Bertz CT molecular complexity index is 703. The van der Waals surface area contributed by atoms with E-state index in [9.17, 15) is 4.79 Å². The number of nitrogens with zero attached hydrogens (tertiary/aromatic N) is 1. The van der Waals surface area contributed by atoms with Gasteiger partial charge in [0, 0.05) is 11.6 Å². The molecule has 0 heterocycles. The van der Waals surface area contributed by atoms with Gasteiger partial charge in [-0.25, -0.2) is 0 Å². The van der Waals surface area contributed by atoms with Crippen molar-refractivity contribution in [2.24, 2.45) is 11.7 Å². The first-order valence-electron chi connectivity index (χ1n) is 9.18. The van der Waals surface area contributed by atoms with Gasteiger partial charge in [0.25, 0.3) is 0 Å². The number of primary amides is 1. The maximum absolute atomic E-state index is 11.7. The van der Waals surface area contributed by atoms with Gasteiger partial charge in [-0.3, -0.25) is 4.79 Å². The summed E-state index contributed by atoms with van der Waals surface area (Å²) in [6, 6.07) is 19.1. The first kappa shape index (κ1) is 17.7. The van der Waals surface area contributed by atoms with Gasteiger partial charge in [-0.15, -0.1) is 0 Å². The number of carbonyl (C=O) groups is 1. The van der Waals surface area contributed by atoms with Crippen LogP contribution >= 0.6 is 0 Å². The van der Waals surface area contributed by atoms with Crippen LogP contribution in [0.1, 0.15) is 59.1 Å². The number of carbonyl (C=O) groups excluding carboxylic acids is 1. The highest BCUT2D eigenvalue weighted by molar-refractivity contribution is 5.94. The highest BCUT2D eigenvalue weighted by atomic mass is 16.1. The van der Waals surface area contributed by atoms with Crippen LogP contribution in [0.15, 0.2) is 54.6 Å². The van der Waals surface area contributed by atoms with E-state index in [4.69, 9.17) is 5.73 Å². The van der Waals surface area contributed by atoms with Gasteiger partial charge in [0.1, 0.15) is 0 Å². The van der Waals surface area contributed by atoms with Crippen molar-refractivity contribution in [2.75, 3.05) is 14.1 Å². The van der Waals surface area contributed by atoms with Gasteiger partial charge < -0.3 is 10.6 Å². The van der Waals surface area contributed by atoms with E-state index >= 15 is 0 Å². The molecule has 0 saturated heterocycles. The maximum Gasteiger partial charge on any atom is 0.248 e. The predicted octanol–water partition coefficient (Wildman–Crippen LogP) is 4.36. The Hall–Kier alpha value is -2.13. The molecule has 132 valence electrons. The van der Waals surface area contributed by atoms with Crippen LogP contribution in [0.25, 0.3) is 0 Å². The molecule has 0 aliphatic heterocycles. The number of amides is 1. The lowest BCUT2D eigenvalue weighted by Crippen LogP contribution is -2.30. The summed E-state index contributed by atoms with van der Waals surface area (Å²) in [5.41, 5.74) is 8.79. The van der Waals surface area contributed by atoms with Gasteiger partial charge >= 0.3 is 0 Å². The molecule has 1 amide bonds. The van der Waals surface area contributed by atoms with Crippen LogP contribution in [0.2, 0.25) is 0 Å². The molecule has 0 spiro atoms. The predicted molar refractivity (Wildman–Crippen MR) is 103 cm³/mol. The highest BCUT2D eigenvalue weighted by Crippen LogP contribution is 2.43. The standard InChI is InChI=1S/C22H28N2O/c1-24(2)21(17-8-4-3-5-9-17)18-14-12-16(13-15-18)19-10-6-7-11-20(19)22(23)25/h3-11,16,18,21H,12-15H2,1-2H3,(H2,23,25). The number of rotatable bonds is 5. The molecule has 3 nitrogen and oxygen atoms in total. The van der Waals surface area contributed by atoms with Crippen LogP contribution in [0.4, 0.5) is 0 Å². The van der Waals surface area contributed by atoms with Crippen molar-refractivity contribution in [3.63, 3.8) is 0 Å². The normalized spacial score (nSPS) is 21.9. The van der Waals surface area contributed by atoms with Crippen molar-refractivity contribution in [2.45, 2.75) is 37.6 Å². The van der Waals surface area contributed by atoms with E-state index in [-0.39, 0.29) is 5.91 Å². The minimum absolute atomic E-state index is 0.312. The van der Waals surface area contributed by atoms with Crippen molar-refractivity contribution in [3.05, 3.63) is 71.3 Å². The Labute approximate surface area is 150 Å². The second-order valence-corrected chi connectivity index (χ2v) is 7.38. The van der Waals surface area contributed by atoms with Crippen LogP contribution in [0, 0.1) is 5.92 Å². The largest absolute Gasteiger partial charge is 0.366 e. The molecule has 3 heteroatoms. The van der Waals surface area contributed by atoms with Gasteiger partial charge in [-0.1, -0.05) is 48.5 Å². The molecule has 25 heavy (non-hydrogen) atoms. The summed E-state index contributed by atoms with van der Waals surface area (Å²) in [5.74, 6) is 0.779. The zero-order valence-electron chi connectivity index (χ0n) is 15.2. The first-order valence-corrected chi connectivity index (χ1v) is 9.18. The number of nitrogens with two attached hydrogens (primary N) is 1. The van der Waals surface area contributed by atoms with E-state index in [1.165, 1.54) is 18.4 Å². The molecular weight excluding hydrogens is 308 g/mol. The lowest BCUT2D eigenvalue weighted by Gasteiger charge is -2.38. The average molecular weight is 336 g/mol. The van der Waals surface area contributed by atoms with Crippen molar-refractivity contribution in [1.82, 2.24) is 4.90 Å². The van der Waals surface area contributed by atoms with Gasteiger partial charge in [0.2, 0.25) is 5.91 Å². The molecule has 1 fully saturated rings. The summed E-state index contributed by atoms with van der Waals surface area (Å²) < 4.78 is 0. The number of hydrogen-bond donors (Lipinski definition) is 1.